The highest BCUT2D eigenvalue weighted by atomic mass is 16.2. The number of carbonyl (C=O) groups is 1. The van der Waals surface area contributed by atoms with Crippen molar-refractivity contribution >= 4 is 17.4 Å². The highest BCUT2D eigenvalue weighted by Crippen LogP contribution is 2.15. The van der Waals surface area contributed by atoms with Gasteiger partial charge in [-0.2, -0.15) is 0 Å². The Morgan fingerprint density at radius 1 is 1.11 bits per heavy atom. The van der Waals surface area contributed by atoms with Crippen LogP contribution in [0.3, 0.4) is 0 Å². The van der Waals surface area contributed by atoms with Crippen molar-refractivity contribution in [2.75, 3.05) is 17.7 Å². The van der Waals surface area contributed by atoms with E-state index in [0.717, 1.165) is 11.3 Å². The Morgan fingerprint density at radius 2 is 1.78 bits per heavy atom. The molecule has 1 aromatic carbocycles. The van der Waals surface area contributed by atoms with Crippen molar-refractivity contribution in [1.82, 2.24) is 10.2 Å². The summed E-state index contributed by atoms with van der Waals surface area (Å²) in [4.78, 5) is 13.7. The zero-order valence-corrected chi connectivity index (χ0v) is 10.3. The Kier molecular flexibility index (Phi) is 3.23. The third-order valence-electron chi connectivity index (χ3n) is 2.63. The van der Waals surface area contributed by atoms with Crippen LogP contribution in [0, 0.1) is 6.92 Å². The Labute approximate surface area is 105 Å². The van der Waals surface area contributed by atoms with E-state index in [9.17, 15) is 4.79 Å². The summed E-state index contributed by atoms with van der Waals surface area (Å²) >= 11 is 0. The van der Waals surface area contributed by atoms with Gasteiger partial charge in [-0.25, -0.2) is 0 Å². The van der Waals surface area contributed by atoms with Gasteiger partial charge < -0.3 is 10.6 Å². The van der Waals surface area contributed by atoms with Gasteiger partial charge in [0.25, 0.3) is 5.91 Å². The molecule has 0 saturated carbocycles. The number of carbonyl (C=O) groups excluding carboxylic acids is 1. The first kappa shape index (κ1) is 12.0. The SMILES string of the molecule is Cc1ccc(N(C)C(=O)c2ccc(N)nn2)cc1. The molecule has 0 spiro atoms. The molecule has 0 fully saturated rings. The number of nitrogens with two attached hydrogens (primary N) is 1. The number of rotatable bonds is 2. The second kappa shape index (κ2) is 4.83. The van der Waals surface area contributed by atoms with Crippen molar-refractivity contribution in [3.63, 3.8) is 0 Å². The van der Waals surface area contributed by atoms with Gasteiger partial charge in [0.1, 0.15) is 5.82 Å². The number of amides is 1. The minimum absolute atomic E-state index is 0.216. The van der Waals surface area contributed by atoms with Crippen molar-refractivity contribution in [2.45, 2.75) is 6.92 Å². The quantitative estimate of drug-likeness (QED) is 0.869. The van der Waals surface area contributed by atoms with Gasteiger partial charge in [0.2, 0.25) is 0 Å². The number of aromatic nitrogens is 2. The van der Waals surface area contributed by atoms with Gasteiger partial charge in [0, 0.05) is 12.7 Å². The molecule has 0 radical (unpaired) electrons. The lowest BCUT2D eigenvalue weighted by molar-refractivity contribution is 0.0987. The summed E-state index contributed by atoms with van der Waals surface area (Å²) in [6.45, 7) is 2.00. The summed E-state index contributed by atoms with van der Waals surface area (Å²) in [5.41, 5.74) is 7.66. The maximum absolute atomic E-state index is 12.1. The summed E-state index contributed by atoms with van der Waals surface area (Å²) in [6, 6.07) is 10.8. The van der Waals surface area contributed by atoms with Crippen LogP contribution >= 0.6 is 0 Å². The van der Waals surface area contributed by atoms with Gasteiger partial charge in [0.15, 0.2) is 5.69 Å². The van der Waals surface area contributed by atoms with E-state index < -0.39 is 0 Å². The topological polar surface area (TPSA) is 72.1 Å². The van der Waals surface area contributed by atoms with E-state index in [1.165, 1.54) is 4.90 Å². The summed E-state index contributed by atoms with van der Waals surface area (Å²) in [5, 5.41) is 7.45. The minimum Gasteiger partial charge on any atom is -0.382 e. The second-order valence-electron chi connectivity index (χ2n) is 4.04. The molecule has 2 rings (SSSR count). The fourth-order valence-electron chi connectivity index (χ4n) is 1.51. The van der Waals surface area contributed by atoms with Crippen molar-refractivity contribution in [1.29, 1.82) is 0 Å². The van der Waals surface area contributed by atoms with Crippen molar-refractivity contribution < 1.29 is 4.79 Å². The first-order valence-electron chi connectivity index (χ1n) is 5.52. The van der Waals surface area contributed by atoms with Crippen LogP contribution in [-0.4, -0.2) is 23.2 Å². The zero-order valence-electron chi connectivity index (χ0n) is 10.3. The number of benzene rings is 1. The van der Waals surface area contributed by atoms with Gasteiger partial charge in [0.05, 0.1) is 0 Å². The van der Waals surface area contributed by atoms with Crippen LogP contribution in [0.15, 0.2) is 36.4 Å². The van der Waals surface area contributed by atoms with Crippen LogP contribution in [0.2, 0.25) is 0 Å². The van der Waals surface area contributed by atoms with Crippen LogP contribution in [0.25, 0.3) is 0 Å². The predicted octanol–water partition coefficient (Wildman–Crippen LogP) is 1.64. The number of aryl methyl sites for hydroxylation is 1. The molecule has 1 aromatic heterocycles. The number of hydrogen-bond acceptors (Lipinski definition) is 4. The molecule has 0 unspecified atom stereocenters. The van der Waals surface area contributed by atoms with E-state index in [0.29, 0.717) is 5.82 Å². The molecule has 18 heavy (non-hydrogen) atoms. The summed E-state index contributed by atoms with van der Waals surface area (Å²) in [6.07, 6.45) is 0. The van der Waals surface area contributed by atoms with E-state index in [2.05, 4.69) is 10.2 Å². The lowest BCUT2D eigenvalue weighted by Gasteiger charge is -2.16. The van der Waals surface area contributed by atoms with Crippen LogP contribution in [-0.2, 0) is 0 Å². The number of anilines is 2. The monoisotopic (exact) mass is 242 g/mol. The first-order chi connectivity index (χ1) is 8.58. The molecule has 92 valence electrons. The Hall–Kier alpha value is -2.43. The molecule has 5 heteroatoms. The average molecular weight is 242 g/mol. The van der Waals surface area contributed by atoms with Crippen molar-refractivity contribution in [2.24, 2.45) is 0 Å². The van der Waals surface area contributed by atoms with Gasteiger partial charge in [-0.15, -0.1) is 10.2 Å². The minimum atomic E-state index is -0.216. The standard InChI is InChI=1S/C13H14N4O/c1-9-3-5-10(6-4-9)17(2)13(18)11-7-8-12(14)16-15-11/h3-8H,1-2H3,(H2,14,16). The Balaban J connectivity index is 2.23. The van der Waals surface area contributed by atoms with Crippen molar-refractivity contribution in [3.8, 4) is 0 Å². The van der Waals surface area contributed by atoms with Gasteiger partial charge in [-0.1, -0.05) is 17.7 Å². The first-order valence-corrected chi connectivity index (χ1v) is 5.52. The second-order valence-corrected chi connectivity index (χ2v) is 4.04. The third-order valence-corrected chi connectivity index (χ3v) is 2.63. The molecule has 0 aliphatic carbocycles. The summed E-state index contributed by atoms with van der Waals surface area (Å²) in [7, 11) is 1.70. The highest BCUT2D eigenvalue weighted by molar-refractivity contribution is 6.04. The maximum Gasteiger partial charge on any atom is 0.278 e. The summed E-state index contributed by atoms with van der Waals surface area (Å²) < 4.78 is 0. The molecule has 0 saturated heterocycles. The van der Waals surface area contributed by atoms with Crippen molar-refractivity contribution in [3.05, 3.63) is 47.7 Å². The predicted molar refractivity (Wildman–Crippen MR) is 70.4 cm³/mol. The molecule has 2 N–H and O–H groups in total. The normalized spacial score (nSPS) is 10.1. The number of nitrogen functional groups attached to an aromatic ring is 1. The van der Waals surface area contributed by atoms with Gasteiger partial charge in [-0.3, -0.25) is 4.79 Å². The molecule has 1 heterocycles. The van der Waals surface area contributed by atoms with Crippen LogP contribution < -0.4 is 10.6 Å². The number of hydrogen-bond donors (Lipinski definition) is 1. The van der Waals surface area contributed by atoms with E-state index in [1.54, 1.807) is 19.2 Å². The van der Waals surface area contributed by atoms with Crippen LogP contribution in [0.4, 0.5) is 11.5 Å². The molecule has 5 nitrogen and oxygen atoms in total. The van der Waals surface area contributed by atoms with E-state index in [1.807, 2.05) is 31.2 Å². The molecule has 2 aromatic rings. The lowest BCUT2D eigenvalue weighted by Crippen LogP contribution is -2.27. The molecular formula is C13H14N4O. The van der Waals surface area contributed by atoms with Gasteiger partial charge in [-0.05, 0) is 31.2 Å². The highest BCUT2D eigenvalue weighted by Gasteiger charge is 2.14. The molecule has 0 bridgehead atoms. The lowest BCUT2D eigenvalue weighted by atomic mass is 10.2. The molecule has 0 aliphatic heterocycles. The Morgan fingerprint density at radius 3 is 2.33 bits per heavy atom. The molecule has 0 atom stereocenters. The largest absolute Gasteiger partial charge is 0.382 e. The fourth-order valence-corrected chi connectivity index (χ4v) is 1.51. The summed E-state index contributed by atoms with van der Waals surface area (Å²) in [5.74, 6) is 0.0795. The smallest absolute Gasteiger partial charge is 0.278 e. The van der Waals surface area contributed by atoms with Gasteiger partial charge >= 0.3 is 0 Å². The molecule has 0 aliphatic rings. The average Bonchev–Trinajstić information content (AvgIpc) is 2.39. The van der Waals surface area contributed by atoms with Crippen LogP contribution in [0.5, 0.6) is 0 Å². The molecule has 1 amide bonds. The maximum atomic E-state index is 12.1. The van der Waals surface area contributed by atoms with E-state index in [-0.39, 0.29) is 11.6 Å². The number of nitrogens with zero attached hydrogens (tertiary/aromatic N) is 3. The Bertz CT molecular complexity index is 548. The molecular weight excluding hydrogens is 228 g/mol. The third kappa shape index (κ3) is 2.45. The zero-order chi connectivity index (χ0) is 13.1. The van der Waals surface area contributed by atoms with E-state index in [4.69, 9.17) is 5.73 Å². The van der Waals surface area contributed by atoms with Crippen LogP contribution in [0.1, 0.15) is 16.1 Å². The fraction of sp³-hybridized carbons (Fsp3) is 0.154. The van der Waals surface area contributed by atoms with E-state index >= 15 is 0 Å².